The van der Waals surface area contributed by atoms with Crippen molar-refractivity contribution in [3.63, 3.8) is 0 Å². The second kappa shape index (κ2) is 5.65. The first-order valence-corrected chi connectivity index (χ1v) is 5.46. The largest absolute Gasteiger partial charge is 0.399 e. The lowest BCUT2D eigenvalue weighted by Crippen LogP contribution is -2.53. The summed E-state index contributed by atoms with van der Waals surface area (Å²) in [6.45, 7) is 1.16. The Morgan fingerprint density at radius 2 is 2.06 bits per heavy atom. The van der Waals surface area contributed by atoms with E-state index in [0.29, 0.717) is 17.7 Å². The zero-order valence-electron chi connectivity index (χ0n) is 9.81. The number of benzene rings is 1. The third-order valence-corrected chi connectivity index (χ3v) is 2.81. The number of carbonyl (C=O) groups is 1. The lowest BCUT2D eigenvalue weighted by molar-refractivity contribution is 0.0653. The van der Waals surface area contributed by atoms with Crippen molar-refractivity contribution < 1.29 is 15.0 Å². The van der Waals surface area contributed by atoms with Gasteiger partial charge in [-0.1, -0.05) is 13.0 Å². The third-order valence-electron chi connectivity index (χ3n) is 2.81. The molecule has 0 bridgehead atoms. The number of rotatable bonds is 5. The molecule has 5 heteroatoms. The smallest absolute Gasteiger partial charge is 0.251 e. The van der Waals surface area contributed by atoms with Crippen LogP contribution in [0, 0.1) is 0 Å². The zero-order chi connectivity index (χ0) is 12.9. The molecule has 0 unspecified atom stereocenters. The van der Waals surface area contributed by atoms with Gasteiger partial charge in [-0.3, -0.25) is 4.79 Å². The van der Waals surface area contributed by atoms with Crippen LogP contribution in [0.4, 0.5) is 5.69 Å². The molecule has 17 heavy (non-hydrogen) atoms. The molecule has 0 fully saturated rings. The molecule has 1 rings (SSSR count). The third kappa shape index (κ3) is 3.18. The maximum atomic E-state index is 11.9. The Hall–Kier alpha value is -1.59. The average Bonchev–Trinajstić information content (AvgIpc) is 2.36. The van der Waals surface area contributed by atoms with Gasteiger partial charge in [0.1, 0.15) is 0 Å². The van der Waals surface area contributed by atoms with Gasteiger partial charge in [-0.15, -0.1) is 0 Å². The molecule has 1 amide bonds. The summed E-state index contributed by atoms with van der Waals surface area (Å²) in [7, 11) is 0. The molecule has 0 radical (unpaired) electrons. The number of amides is 1. The Bertz CT molecular complexity index is 381. The van der Waals surface area contributed by atoms with Gasteiger partial charge in [0.2, 0.25) is 0 Å². The van der Waals surface area contributed by atoms with Crippen molar-refractivity contribution >= 4 is 11.6 Å². The Morgan fingerprint density at radius 1 is 1.41 bits per heavy atom. The molecule has 0 heterocycles. The van der Waals surface area contributed by atoms with Gasteiger partial charge in [-0.25, -0.2) is 0 Å². The summed E-state index contributed by atoms with van der Waals surface area (Å²) in [5, 5.41) is 21.1. The summed E-state index contributed by atoms with van der Waals surface area (Å²) in [5.41, 5.74) is 5.49. The number of nitrogens with one attached hydrogen (secondary N) is 1. The second-order valence-corrected chi connectivity index (χ2v) is 4.03. The zero-order valence-corrected chi connectivity index (χ0v) is 9.81. The highest BCUT2D eigenvalue weighted by atomic mass is 16.3. The molecular weight excluding hydrogens is 220 g/mol. The molecule has 1 aromatic carbocycles. The van der Waals surface area contributed by atoms with Crippen LogP contribution in [0.25, 0.3) is 0 Å². The van der Waals surface area contributed by atoms with Crippen LogP contribution < -0.4 is 11.1 Å². The van der Waals surface area contributed by atoms with Crippen molar-refractivity contribution in [1.82, 2.24) is 5.32 Å². The van der Waals surface area contributed by atoms with Crippen LogP contribution in [0.1, 0.15) is 23.7 Å². The van der Waals surface area contributed by atoms with Crippen molar-refractivity contribution in [2.24, 2.45) is 0 Å². The number of nitrogen functional groups attached to an aromatic ring is 1. The maximum Gasteiger partial charge on any atom is 0.251 e. The Morgan fingerprint density at radius 3 is 2.53 bits per heavy atom. The van der Waals surface area contributed by atoms with Gasteiger partial charge in [0, 0.05) is 11.3 Å². The Labute approximate surface area is 100 Å². The van der Waals surface area contributed by atoms with Gasteiger partial charge < -0.3 is 21.3 Å². The number of nitrogens with two attached hydrogens (primary N) is 1. The summed E-state index contributed by atoms with van der Waals surface area (Å²) < 4.78 is 0. The van der Waals surface area contributed by atoms with Crippen LogP contribution in [0.5, 0.6) is 0 Å². The molecule has 0 saturated carbocycles. The lowest BCUT2D eigenvalue weighted by atomic mass is 9.98. The molecule has 94 valence electrons. The van der Waals surface area contributed by atoms with Crippen LogP contribution in [-0.2, 0) is 0 Å². The van der Waals surface area contributed by atoms with Crippen molar-refractivity contribution in [3.8, 4) is 0 Å². The van der Waals surface area contributed by atoms with Gasteiger partial charge in [0.05, 0.1) is 18.8 Å². The van der Waals surface area contributed by atoms with E-state index < -0.39 is 5.54 Å². The fourth-order valence-corrected chi connectivity index (χ4v) is 1.43. The van der Waals surface area contributed by atoms with Crippen molar-refractivity contribution in [1.29, 1.82) is 0 Å². The molecule has 5 nitrogen and oxygen atoms in total. The second-order valence-electron chi connectivity index (χ2n) is 4.03. The van der Waals surface area contributed by atoms with E-state index in [4.69, 9.17) is 5.73 Å². The highest BCUT2D eigenvalue weighted by Gasteiger charge is 2.28. The van der Waals surface area contributed by atoms with Crippen LogP contribution in [0.15, 0.2) is 24.3 Å². The topological polar surface area (TPSA) is 95.6 Å². The molecule has 0 saturated heterocycles. The Balaban J connectivity index is 2.84. The summed E-state index contributed by atoms with van der Waals surface area (Å²) in [6.07, 6.45) is 0.439. The van der Waals surface area contributed by atoms with Gasteiger partial charge in [-0.2, -0.15) is 0 Å². The maximum absolute atomic E-state index is 11.9. The minimum atomic E-state index is -0.984. The van der Waals surface area contributed by atoms with Gasteiger partial charge in [-0.05, 0) is 24.6 Å². The van der Waals surface area contributed by atoms with E-state index in [1.54, 1.807) is 31.2 Å². The first kappa shape index (κ1) is 13.5. The summed E-state index contributed by atoms with van der Waals surface area (Å²) >= 11 is 0. The summed E-state index contributed by atoms with van der Waals surface area (Å²) in [6, 6.07) is 6.53. The predicted octanol–water partition coefficient (Wildman–Crippen LogP) is 0.132. The van der Waals surface area contributed by atoms with Crippen LogP contribution >= 0.6 is 0 Å². The average molecular weight is 238 g/mol. The SMILES string of the molecule is CCC(CO)(CO)NC(=O)c1cccc(N)c1. The molecule has 0 spiro atoms. The molecule has 5 N–H and O–H groups in total. The van der Waals surface area contributed by atoms with Gasteiger partial charge in [0.15, 0.2) is 0 Å². The van der Waals surface area contributed by atoms with Gasteiger partial charge in [0.25, 0.3) is 5.91 Å². The predicted molar refractivity (Wildman–Crippen MR) is 65.5 cm³/mol. The Kier molecular flexibility index (Phi) is 4.48. The van der Waals surface area contributed by atoms with E-state index >= 15 is 0 Å². The number of anilines is 1. The number of hydrogen-bond acceptors (Lipinski definition) is 4. The number of carbonyl (C=O) groups excluding carboxylic acids is 1. The number of aliphatic hydroxyl groups excluding tert-OH is 2. The molecule has 0 aromatic heterocycles. The minimum Gasteiger partial charge on any atom is -0.399 e. The van der Waals surface area contributed by atoms with Crippen molar-refractivity contribution in [3.05, 3.63) is 29.8 Å². The van der Waals surface area contributed by atoms with Crippen LogP contribution in [0.2, 0.25) is 0 Å². The van der Waals surface area contributed by atoms with E-state index in [2.05, 4.69) is 5.32 Å². The highest BCUT2D eigenvalue weighted by Crippen LogP contribution is 2.12. The van der Waals surface area contributed by atoms with Crippen molar-refractivity contribution in [2.75, 3.05) is 18.9 Å². The normalized spacial score (nSPS) is 11.2. The molecular formula is C12H18N2O3. The van der Waals surface area contributed by atoms with E-state index in [-0.39, 0.29) is 19.1 Å². The van der Waals surface area contributed by atoms with Crippen LogP contribution in [0.3, 0.4) is 0 Å². The minimum absolute atomic E-state index is 0.311. The monoisotopic (exact) mass is 238 g/mol. The molecule has 0 aliphatic rings. The number of aliphatic hydroxyl groups is 2. The highest BCUT2D eigenvalue weighted by molar-refractivity contribution is 5.95. The molecule has 0 aliphatic heterocycles. The fraction of sp³-hybridized carbons (Fsp3) is 0.417. The standard InChI is InChI=1S/C12H18N2O3/c1-2-12(7-15,8-16)14-11(17)9-4-3-5-10(13)6-9/h3-6,15-16H,2,7-8,13H2,1H3,(H,14,17). The molecule has 0 atom stereocenters. The summed E-state index contributed by atoms with van der Waals surface area (Å²) in [4.78, 5) is 11.9. The lowest BCUT2D eigenvalue weighted by Gasteiger charge is -2.29. The van der Waals surface area contributed by atoms with E-state index in [9.17, 15) is 15.0 Å². The molecule has 1 aromatic rings. The number of hydrogen-bond donors (Lipinski definition) is 4. The first-order chi connectivity index (χ1) is 8.06. The molecule has 0 aliphatic carbocycles. The van der Waals surface area contributed by atoms with Gasteiger partial charge >= 0.3 is 0 Å². The van der Waals surface area contributed by atoms with E-state index in [0.717, 1.165) is 0 Å². The van der Waals surface area contributed by atoms with Crippen molar-refractivity contribution in [2.45, 2.75) is 18.9 Å². The first-order valence-electron chi connectivity index (χ1n) is 5.46. The fourth-order valence-electron chi connectivity index (χ4n) is 1.43. The summed E-state index contributed by atoms with van der Waals surface area (Å²) in [5.74, 6) is -0.359. The quantitative estimate of drug-likeness (QED) is 0.548. The van der Waals surface area contributed by atoms with E-state index in [1.807, 2.05) is 0 Å². The van der Waals surface area contributed by atoms with E-state index in [1.165, 1.54) is 0 Å². The van der Waals surface area contributed by atoms with Crippen LogP contribution in [-0.4, -0.2) is 34.9 Å².